The Morgan fingerprint density at radius 1 is 1.04 bits per heavy atom. The Labute approximate surface area is 167 Å². The highest BCUT2D eigenvalue weighted by Crippen LogP contribution is 2.27. The number of anilines is 1. The number of rotatable bonds is 6. The third-order valence-electron chi connectivity index (χ3n) is 3.97. The fourth-order valence-corrected chi connectivity index (χ4v) is 2.79. The van der Waals surface area contributed by atoms with E-state index >= 15 is 0 Å². The van der Waals surface area contributed by atoms with Crippen LogP contribution in [0.2, 0.25) is 5.02 Å². The SMILES string of the molecule is COc1ccc(NC(=O)c2cccc(C(=O)NCc3cccnc3)c2)cc1Cl. The van der Waals surface area contributed by atoms with E-state index in [1.165, 1.54) is 7.11 Å². The lowest BCUT2D eigenvalue weighted by atomic mass is 10.1. The molecule has 142 valence electrons. The molecule has 0 radical (unpaired) electrons. The first-order valence-electron chi connectivity index (χ1n) is 8.49. The molecule has 2 amide bonds. The number of amides is 2. The fraction of sp³-hybridized carbons (Fsp3) is 0.0952. The second-order valence-electron chi connectivity index (χ2n) is 5.93. The Bertz CT molecular complexity index is 993. The van der Waals surface area contributed by atoms with Crippen LogP contribution in [0, 0.1) is 0 Å². The second-order valence-corrected chi connectivity index (χ2v) is 6.34. The van der Waals surface area contributed by atoms with E-state index in [-0.39, 0.29) is 11.8 Å². The zero-order valence-electron chi connectivity index (χ0n) is 15.1. The smallest absolute Gasteiger partial charge is 0.255 e. The molecule has 1 aromatic heterocycles. The molecule has 0 aliphatic carbocycles. The van der Waals surface area contributed by atoms with Gasteiger partial charge in [0.15, 0.2) is 0 Å². The summed E-state index contributed by atoms with van der Waals surface area (Å²) in [4.78, 5) is 28.9. The lowest BCUT2D eigenvalue weighted by Gasteiger charge is -2.09. The first-order valence-corrected chi connectivity index (χ1v) is 8.86. The van der Waals surface area contributed by atoms with Crippen LogP contribution in [0.3, 0.4) is 0 Å². The first kappa shape index (κ1) is 19.4. The quantitative estimate of drug-likeness (QED) is 0.662. The van der Waals surface area contributed by atoms with Crippen molar-refractivity contribution in [3.63, 3.8) is 0 Å². The van der Waals surface area contributed by atoms with Crippen molar-refractivity contribution >= 4 is 29.1 Å². The number of methoxy groups -OCH3 is 1. The molecule has 0 saturated heterocycles. The second kappa shape index (κ2) is 9.01. The van der Waals surface area contributed by atoms with E-state index in [2.05, 4.69) is 15.6 Å². The van der Waals surface area contributed by atoms with E-state index in [0.717, 1.165) is 5.56 Å². The highest BCUT2D eigenvalue weighted by Gasteiger charge is 2.12. The Morgan fingerprint density at radius 3 is 2.50 bits per heavy atom. The average molecular weight is 396 g/mol. The number of halogens is 1. The van der Waals surface area contributed by atoms with Gasteiger partial charge >= 0.3 is 0 Å². The van der Waals surface area contributed by atoms with Gasteiger partial charge in [-0.15, -0.1) is 0 Å². The molecule has 0 aliphatic rings. The predicted molar refractivity (Wildman–Crippen MR) is 108 cm³/mol. The van der Waals surface area contributed by atoms with E-state index in [0.29, 0.717) is 34.1 Å². The van der Waals surface area contributed by atoms with E-state index in [9.17, 15) is 9.59 Å². The van der Waals surface area contributed by atoms with Crippen molar-refractivity contribution in [2.24, 2.45) is 0 Å². The summed E-state index contributed by atoms with van der Waals surface area (Å²) in [5, 5.41) is 5.96. The number of benzene rings is 2. The summed E-state index contributed by atoms with van der Waals surface area (Å²) in [7, 11) is 1.52. The summed E-state index contributed by atoms with van der Waals surface area (Å²) in [5.74, 6) is -0.0962. The minimum absolute atomic E-state index is 0.272. The molecular formula is C21H18ClN3O3. The van der Waals surface area contributed by atoms with Gasteiger partial charge in [0.05, 0.1) is 12.1 Å². The third kappa shape index (κ3) is 4.86. The number of hydrogen-bond donors (Lipinski definition) is 2. The van der Waals surface area contributed by atoms with Gasteiger partial charge in [0.2, 0.25) is 0 Å². The van der Waals surface area contributed by atoms with Crippen LogP contribution in [0.25, 0.3) is 0 Å². The minimum Gasteiger partial charge on any atom is -0.495 e. The molecule has 7 heteroatoms. The monoisotopic (exact) mass is 395 g/mol. The molecule has 3 rings (SSSR count). The van der Waals surface area contributed by atoms with E-state index in [1.807, 2.05) is 6.07 Å². The van der Waals surface area contributed by atoms with Gasteiger partial charge in [-0.05, 0) is 48.0 Å². The maximum absolute atomic E-state index is 12.5. The van der Waals surface area contributed by atoms with E-state index in [1.54, 1.807) is 60.9 Å². The van der Waals surface area contributed by atoms with Crippen LogP contribution in [0.1, 0.15) is 26.3 Å². The van der Waals surface area contributed by atoms with Crippen LogP contribution in [0.4, 0.5) is 5.69 Å². The van der Waals surface area contributed by atoms with Crippen molar-refractivity contribution in [3.8, 4) is 5.75 Å². The maximum atomic E-state index is 12.5. The summed E-state index contributed by atoms with van der Waals surface area (Å²) in [5.41, 5.74) is 2.17. The summed E-state index contributed by atoms with van der Waals surface area (Å²) in [6.45, 7) is 0.355. The van der Waals surface area contributed by atoms with Gasteiger partial charge in [-0.1, -0.05) is 23.7 Å². The van der Waals surface area contributed by atoms with Crippen molar-refractivity contribution in [2.45, 2.75) is 6.54 Å². The Balaban J connectivity index is 1.67. The zero-order chi connectivity index (χ0) is 19.9. The molecule has 3 aromatic rings. The first-order chi connectivity index (χ1) is 13.6. The third-order valence-corrected chi connectivity index (χ3v) is 4.27. The molecule has 2 aromatic carbocycles. The number of pyridine rings is 1. The van der Waals surface area contributed by atoms with Gasteiger partial charge in [-0.3, -0.25) is 14.6 Å². The largest absolute Gasteiger partial charge is 0.495 e. The lowest BCUT2D eigenvalue weighted by Crippen LogP contribution is -2.23. The highest BCUT2D eigenvalue weighted by molar-refractivity contribution is 6.32. The number of ether oxygens (including phenoxy) is 1. The van der Waals surface area contributed by atoms with Gasteiger partial charge in [0, 0.05) is 35.8 Å². The highest BCUT2D eigenvalue weighted by atomic mass is 35.5. The van der Waals surface area contributed by atoms with Crippen LogP contribution < -0.4 is 15.4 Å². The molecule has 1 heterocycles. The summed E-state index contributed by atoms with van der Waals surface area (Å²) in [6.07, 6.45) is 3.35. The van der Waals surface area contributed by atoms with Crippen LogP contribution in [-0.2, 0) is 6.54 Å². The number of aromatic nitrogens is 1. The van der Waals surface area contributed by atoms with Crippen LogP contribution >= 0.6 is 11.6 Å². The molecule has 0 atom stereocenters. The number of hydrogen-bond acceptors (Lipinski definition) is 4. The summed E-state index contributed by atoms with van der Waals surface area (Å²) in [6, 6.07) is 15.1. The molecule has 0 aliphatic heterocycles. The number of carbonyl (C=O) groups excluding carboxylic acids is 2. The molecule has 0 spiro atoms. The van der Waals surface area contributed by atoms with Crippen molar-refractivity contribution in [1.29, 1.82) is 0 Å². The molecule has 0 saturated carbocycles. The number of carbonyl (C=O) groups is 2. The molecule has 0 fully saturated rings. The molecule has 2 N–H and O–H groups in total. The van der Waals surface area contributed by atoms with Crippen molar-refractivity contribution in [3.05, 3.63) is 88.7 Å². The summed E-state index contributed by atoms with van der Waals surface area (Å²) >= 11 is 6.08. The van der Waals surface area contributed by atoms with Gasteiger partial charge in [0.1, 0.15) is 5.75 Å². The molecule has 0 unspecified atom stereocenters. The van der Waals surface area contributed by atoms with Crippen molar-refractivity contribution in [1.82, 2.24) is 10.3 Å². The molecular weight excluding hydrogens is 378 g/mol. The molecule has 28 heavy (non-hydrogen) atoms. The maximum Gasteiger partial charge on any atom is 0.255 e. The minimum atomic E-state index is -0.344. The molecule has 0 bridgehead atoms. The van der Waals surface area contributed by atoms with Crippen LogP contribution in [0.5, 0.6) is 5.75 Å². The number of nitrogens with zero attached hydrogens (tertiary/aromatic N) is 1. The Hall–Kier alpha value is -3.38. The van der Waals surface area contributed by atoms with Crippen LogP contribution in [-0.4, -0.2) is 23.9 Å². The van der Waals surface area contributed by atoms with Gasteiger partial charge in [-0.2, -0.15) is 0 Å². The van der Waals surface area contributed by atoms with E-state index in [4.69, 9.17) is 16.3 Å². The van der Waals surface area contributed by atoms with Gasteiger partial charge in [0.25, 0.3) is 11.8 Å². The number of nitrogens with one attached hydrogen (secondary N) is 2. The van der Waals surface area contributed by atoms with Gasteiger partial charge in [-0.25, -0.2) is 0 Å². The Morgan fingerprint density at radius 2 is 1.82 bits per heavy atom. The zero-order valence-corrected chi connectivity index (χ0v) is 15.9. The topological polar surface area (TPSA) is 80.3 Å². The normalized spacial score (nSPS) is 10.2. The van der Waals surface area contributed by atoms with Crippen molar-refractivity contribution < 1.29 is 14.3 Å². The van der Waals surface area contributed by atoms with Gasteiger partial charge < -0.3 is 15.4 Å². The predicted octanol–water partition coefficient (Wildman–Crippen LogP) is 3.93. The average Bonchev–Trinajstić information content (AvgIpc) is 2.73. The lowest BCUT2D eigenvalue weighted by molar-refractivity contribution is 0.0951. The van der Waals surface area contributed by atoms with E-state index < -0.39 is 0 Å². The fourth-order valence-electron chi connectivity index (χ4n) is 2.54. The standard InChI is InChI=1S/C21H18ClN3O3/c1-28-19-8-7-17(11-18(19)22)25-21(27)16-6-2-5-15(10-16)20(26)24-13-14-4-3-9-23-12-14/h2-12H,13H2,1H3,(H,24,26)(H,25,27). The van der Waals surface area contributed by atoms with Crippen LogP contribution in [0.15, 0.2) is 67.0 Å². The molecule has 6 nitrogen and oxygen atoms in total. The summed E-state index contributed by atoms with van der Waals surface area (Å²) < 4.78 is 5.09. The Kier molecular flexibility index (Phi) is 6.24. The van der Waals surface area contributed by atoms with Crippen molar-refractivity contribution in [2.75, 3.05) is 12.4 Å².